The summed E-state index contributed by atoms with van der Waals surface area (Å²) in [5.41, 5.74) is -0.636. The minimum atomic E-state index is -0.636. The van der Waals surface area contributed by atoms with E-state index in [9.17, 15) is 14.4 Å². The van der Waals surface area contributed by atoms with Crippen LogP contribution < -0.4 is 0 Å². The number of hydrogen-bond donors (Lipinski definition) is 0. The molecule has 19 heavy (non-hydrogen) atoms. The van der Waals surface area contributed by atoms with Crippen molar-refractivity contribution in [1.82, 2.24) is 9.80 Å². The van der Waals surface area contributed by atoms with Gasteiger partial charge in [-0.3, -0.25) is 14.4 Å². The molecule has 3 rings (SSSR count). The van der Waals surface area contributed by atoms with Gasteiger partial charge in [0.25, 0.3) is 0 Å². The molecule has 0 aromatic rings. The SMILES string of the molecule is CC(=O)S[C@H]1C[C@H]2C(=O)N3CCC[C@@]3(C)C(=O)N2C1. The van der Waals surface area contributed by atoms with Gasteiger partial charge in [-0.05, 0) is 26.2 Å². The third-order valence-electron chi connectivity index (χ3n) is 4.51. The number of nitrogens with zero attached hydrogens (tertiary/aromatic N) is 2. The Morgan fingerprint density at radius 3 is 2.84 bits per heavy atom. The zero-order valence-electron chi connectivity index (χ0n) is 11.2. The fourth-order valence-corrected chi connectivity index (χ4v) is 4.59. The van der Waals surface area contributed by atoms with E-state index in [-0.39, 0.29) is 28.2 Å². The van der Waals surface area contributed by atoms with Crippen LogP contribution in [0.25, 0.3) is 0 Å². The van der Waals surface area contributed by atoms with Crippen LogP contribution >= 0.6 is 11.8 Å². The third-order valence-corrected chi connectivity index (χ3v) is 5.52. The summed E-state index contributed by atoms with van der Waals surface area (Å²) in [4.78, 5) is 39.8. The van der Waals surface area contributed by atoms with Gasteiger partial charge in [-0.25, -0.2) is 0 Å². The predicted molar refractivity (Wildman–Crippen MR) is 71.5 cm³/mol. The molecule has 3 aliphatic rings. The van der Waals surface area contributed by atoms with Crippen molar-refractivity contribution in [2.24, 2.45) is 0 Å². The minimum absolute atomic E-state index is 0.0523. The maximum absolute atomic E-state index is 12.6. The van der Waals surface area contributed by atoms with Gasteiger partial charge >= 0.3 is 0 Å². The first-order valence-corrected chi connectivity index (χ1v) is 7.61. The van der Waals surface area contributed by atoms with E-state index in [0.29, 0.717) is 19.5 Å². The van der Waals surface area contributed by atoms with Gasteiger partial charge < -0.3 is 9.80 Å². The van der Waals surface area contributed by atoms with Crippen molar-refractivity contribution in [2.75, 3.05) is 13.1 Å². The molecule has 0 spiro atoms. The molecule has 0 radical (unpaired) electrons. The van der Waals surface area contributed by atoms with Gasteiger partial charge in [-0.15, -0.1) is 0 Å². The van der Waals surface area contributed by atoms with E-state index >= 15 is 0 Å². The van der Waals surface area contributed by atoms with E-state index < -0.39 is 5.54 Å². The van der Waals surface area contributed by atoms with Gasteiger partial charge in [0.05, 0.1) is 0 Å². The van der Waals surface area contributed by atoms with Gasteiger partial charge in [0.1, 0.15) is 11.6 Å². The Kier molecular flexibility index (Phi) is 2.89. The first-order valence-electron chi connectivity index (χ1n) is 6.73. The Morgan fingerprint density at radius 2 is 2.16 bits per heavy atom. The van der Waals surface area contributed by atoms with Crippen LogP contribution in [0.5, 0.6) is 0 Å². The number of rotatable bonds is 1. The highest BCUT2D eigenvalue weighted by molar-refractivity contribution is 8.14. The second-order valence-electron chi connectivity index (χ2n) is 5.81. The zero-order chi connectivity index (χ0) is 13.8. The molecule has 0 N–H and O–H groups in total. The lowest BCUT2D eigenvalue weighted by Gasteiger charge is -2.45. The lowest BCUT2D eigenvalue weighted by atomic mass is 9.92. The number of piperazine rings is 1. The molecule has 3 fully saturated rings. The summed E-state index contributed by atoms with van der Waals surface area (Å²) in [5.74, 6) is 0.146. The van der Waals surface area contributed by atoms with E-state index in [1.165, 1.54) is 18.7 Å². The fraction of sp³-hybridized carbons (Fsp3) is 0.769. The largest absolute Gasteiger partial charge is 0.327 e. The molecular formula is C13H18N2O3S. The number of carbonyl (C=O) groups excluding carboxylic acids is 3. The molecule has 3 atom stereocenters. The summed E-state index contributed by atoms with van der Waals surface area (Å²) in [6, 6.07) is -0.337. The van der Waals surface area contributed by atoms with Crippen molar-refractivity contribution < 1.29 is 14.4 Å². The molecule has 5 nitrogen and oxygen atoms in total. The Bertz CT molecular complexity index is 467. The first kappa shape index (κ1) is 13.0. The first-order chi connectivity index (χ1) is 8.93. The van der Waals surface area contributed by atoms with Gasteiger partial charge in [0.2, 0.25) is 11.8 Å². The highest BCUT2D eigenvalue weighted by Crippen LogP contribution is 2.41. The van der Waals surface area contributed by atoms with Crippen molar-refractivity contribution >= 4 is 28.7 Å². The van der Waals surface area contributed by atoms with E-state index in [0.717, 1.165) is 12.8 Å². The van der Waals surface area contributed by atoms with Gasteiger partial charge in [0, 0.05) is 25.3 Å². The summed E-state index contributed by atoms with van der Waals surface area (Å²) in [6.45, 7) is 4.63. The van der Waals surface area contributed by atoms with Crippen molar-refractivity contribution in [3.63, 3.8) is 0 Å². The van der Waals surface area contributed by atoms with Crippen LogP contribution in [0.4, 0.5) is 0 Å². The molecule has 6 heteroatoms. The summed E-state index contributed by atoms with van der Waals surface area (Å²) < 4.78 is 0. The van der Waals surface area contributed by atoms with Crippen molar-refractivity contribution in [1.29, 1.82) is 0 Å². The molecule has 0 aliphatic carbocycles. The smallest absolute Gasteiger partial charge is 0.248 e. The molecule has 0 saturated carbocycles. The number of hydrogen-bond acceptors (Lipinski definition) is 4. The number of amides is 2. The Morgan fingerprint density at radius 1 is 1.42 bits per heavy atom. The van der Waals surface area contributed by atoms with Crippen molar-refractivity contribution in [3.8, 4) is 0 Å². The number of fused-ring (bicyclic) bond motifs is 2. The van der Waals surface area contributed by atoms with E-state index in [1.54, 1.807) is 9.80 Å². The van der Waals surface area contributed by atoms with Gasteiger partial charge in [-0.2, -0.15) is 0 Å². The highest BCUT2D eigenvalue weighted by Gasteiger charge is 2.57. The zero-order valence-corrected chi connectivity index (χ0v) is 12.0. The predicted octanol–water partition coefficient (Wildman–Crippen LogP) is 0.630. The van der Waals surface area contributed by atoms with Crippen LogP contribution in [0.1, 0.15) is 33.1 Å². The van der Waals surface area contributed by atoms with Crippen molar-refractivity contribution in [2.45, 2.75) is 49.9 Å². The molecular weight excluding hydrogens is 264 g/mol. The summed E-state index contributed by atoms with van der Waals surface area (Å²) in [6.07, 6.45) is 2.27. The number of thioether (sulfide) groups is 1. The second kappa shape index (κ2) is 4.23. The normalized spacial score (nSPS) is 37.6. The molecule has 3 saturated heterocycles. The van der Waals surface area contributed by atoms with E-state index in [1.807, 2.05) is 6.92 Å². The Hall–Kier alpha value is -1.04. The lowest BCUT2D eigenvalue weighted by Crippen LogP contribution is -2.66. The minimum Gasteiger partial charge on any atom is -0.327 e. The standard InChI is InChI=1S/C13H18N2O3S/c1-8(16)19-9-6-10-11(17)15-5-3-4-13(15,2)12(18)14(10)7-9/h9-10H,3-7H2,1-2H3/t9-,10-,13-/m0/s1. The molecule has 0 bridgehead atoms. The molecule has 0 aromatic heterocycles. The molecule has 2 amide bonds. The molecule has 3 aliphatic heterocycles. The monoisotopic (exact) mass is 282 g/mol. The summed E-state index contributed by atoms with van der Waals surface area (Å²) >= 11 is 1.26. The maximum atomic E-state index is 12.6. The Labute approximate surface area is 116 Å². The number of carbonyl (C=O) groups is 3. The van der Waals surface area contributed by atoms with E-state index in [2.05, 4.69) is 0 Å². The van der Waals surface area contributed by atoms with Crippen LogP contribution in [0.3, 0.4) is 0 Å². The van der Waals surface area contributed by atoms with Gasteiger partial charge in [-0.1, -0.05) is 11.8 Å². The van der Waals surface area contributed by atoms with Crippen LogP contribution in [-0.4, -0.2) is 56.6 Å². The average Bonchev–Trinajstić information content (AvgIpc) is 2.90. The third kappa shape index (κ3) is 1.80. The van der Waals surface area contributed by atoms with Crippen LogP contribution in [0, 0.1) is 0 Å². The van der Waals surface area contributed by atoms with Crippen molar-refractivity contribution in [3.05, 3.63) is 0 Å². The molecule has 0 unspecified atom stereocenters. The van der Waals surface area contributed by atoms with Gasteiger partial charge in [0.15, 0.2) is 5.12 Å². The van der Waals surface area contributed by atoms with Crippen LogP contribution in [0.15, 0.2) is 0 Å². The van der Waals surface area contributed by atoms with E-state index in [4.69, 9.17) is 0 Å². The highest BCUT2D eigenvalue weighted by atomic mass is 32.2. The van der Waals surface area contributed by atoms with Crippen LogP contribution in [0.2, 0.25) is 0 Å². The lowest BCUT2D eigenvalue weighted by molar-refractivity contribution is -0.164. The molecule has 104 valence electrons. The molecule has 0 aromatic carbocycles. The quantitative estimate of drug-likeness (QED) is 0.708. The maximum Gasteiger partial charge on any atom is 0.248 e. The Balaban J connectivity index is 1.86. The average molecular weight is 282 g/mol. The van der Waals surface area contributed by atoms with Crippen LogP contribution in [-0.2, 0) is 14.4 Å². The summed E-state index contributed by atoms with van der Waals surface area (Å²) in [7, 11) is 0. The fourth-order valence-electron chi connectivity index (χ4n) is 3.60. The second-order valence-corrected chi connectivity index (χ2v) is 7.29. The molecule has 3 heterocycles. The topological polar surface area (TPSA) is 57.7 Å². The summed E-state index contributed by atoms with van der Waals surface area (Å²) in [5, 5.41) is 0.121.